The van der Waals surface area contributed by atoms with Crippen molar-refractivity contribution in [3.63, 3.8) is 0 Å². The highest BCUT2D eigenvalue weighted by atomic mass is 32.1. The van der Waals surface area contributed by atoms with Gasteiger partial charge < -0.3 is 15.4 Å². The number of nitrogens with zero attached hydrogens (tertiary/aromatic N) is 2. The van der Waals surface area contributed by atoms with Crippen LogP contribution >= 0.6 is 12.2 Å². The van der Waals surface area contributed by atoms with E-state index in [1.54, 1.807) is 6.92 Å². The summed E-state index contributed by atoms with van der Waals surface area (Å²) in [6, 6.07) is 1.91. The molecule has 2 N–H and O–H groups in total. The van der Waals surface area contributed by atoms with Gasteiger partial charge in [-0.25, -0.2) is 4.79 Å². The molecule has 5 nitrogen and oxygen atoms in total. The first-order valence-corrected chi connectivity index (χ1v) is 5.84. The SMILES string of the molecule is CCOC(=O)C(C#N)=C1CCCN1CC(N)=S. The summed E-state index contributed by atoms with van der Waals surface area (Å²) in [6.45, 7) is 3.12. The maximum Gasteiger partial charge on any atom is 0.350 e. The molecule has 0 amide bonds. The molecule has 0 saturated carbocycles. The Hall–Kier alpha value is -1.61. The van der Waals surface area contributed by atoms with Crippen molar-refractivity contribution in [1.29, 1.82) is 5.26 Å². The number of rotatable bonds is 4. The Kier molecular flexibility index (Phi) is 4.91. The molecular formula is C11H15N3O2S. The van der Waals surface area contributed by atoms with Gasteiger partial charge in [-0.2, -0.15) is 5.26 Å². The molecular weight excluding hydrogens is 238 g/mol. The number of hydrogen-bond acceptors (Lipinski definition) is 5. The third kappa shape index (κ3) is 3.43. The number of hydrogen-bond donors (Lipinski definition) is 1. The van der Waals surface area contributed by atoms with Crippen molar-refractivity contribution in [2.45, 2.75) is 19.8 Å². The molecule has 1 fully saturated rings. The van der Waals surface area contributed by atoms with Gasteiger partial charge in [0.2, 0.25) is 0 Å². The predicted octanol–water partition coefficient (Wildman–Crippen LogP) is 0.709. The van der Waals surface area contributed by atoms with Crippen LogP contribution in [0.3, 0.4) is 0 Å². The number of nitriles is 1. The van der Waals surface area contributed by atoms with Crippen molar-refractivity contribution in [3.8, 4) is 6.07 Å². The zero-order valence-corrected chi connectivity index (χ0v) is 10.5. The Morgan fingerprint density at radius 3 is 2.94 bits per heavy atom. The summed E-state index contributed by atoms with van der Waals surface area (Å²) >= 11 is 4.84. The van der Waals surface area contributed by atoms with Crippen LogP contribution < -0.4 is 5.73 Å². The average molecular weight is 253 g/mol. The normalized spacial score (nSPS) is 17.5. The van der Waals surface area contributed by atoms with E-state index < -0.39 is 5.97 Å². The molecule has 0 aromatic rings. The number of esters is 1. The molecule has 1 aliphatic heterocycles. The summed E-state index contributed by atoms with van der Waals surface area (Å²) in [4.78, 5) is 13.8. The van der Waals surface area contributed by atoms with E-state index in [1.165, 1.54) is 0 Å². The minimum Gasteiger partial charge on any atom is -0.462 e. The fourth-order valence-corrected chi connectivity index (χ4v) is 1.96. The fraction of sp³-hybridized carbons (Fsp3) is 0.545. The van der Waals surface area contributed by atoms with Gasteiger partial charge in [0.15, 0.2) is 5.57 Å². The van der Waals surface area contributed by atoms with E-state index in [9.17, 15) is 4.79 Å². The van der Waals surface area contributed by atoms with Gasteiger partial charge in [0, 0.05) is 12.2 Å². The maximum absolute atomic E-state index is 11.6. The van der Waals surface area contributed by atoms with E-state index in [0.717, 1.165) is 13.0 Å². The zero-order chi connectivity index (χ0) is 12.8. The van der Waals surface area contributed by atoms with E-state index in [4.69, 9.17) is 28.0 Å². The predicted molar refractivity (Wildman–Crippen MR) is 66.9 cm³/mol. The first-order chi connectivity index (χ1) is 8.10. The summed E-state index contributed by atoms with van der Waals surface area (Å²) in [7, 11) is 0. The Labute approximate surface area is 106 Å². The van der Waals surface area contributed by atoms with Gasteiger partial charge in [0.1, 0.15) is 6.07 Å². The highest BCUT2D eigenvalue weighted by Gasteiger charge is 2.25. The fourth-order valence-electron chi connectivity index (χ4n) is 1.81. The van der Waals surface area contributed by atoms with Crippen molar-refractivity contribution in [3.05, 3.63) is 11.3 Å². The number of carbonyl (C=O) groups excluding carboxylic acids is 1. The molecule has 92 valence electrons. The van der Waals surface area contributed by atoms with Crippen LogP contribution in [-0.2, 0) is 9.53 Å². The van der Waals surface area contributed by atoms with Gasteiger partial charge in [-0.05, 0) is 19.8 Å². The lowest BCUT2D eigenvalue weighted by atomic mass is 10.2. The summed E-state index contributed by atoms with van der Waals surface area (Å²) in [5, 5.41) is 9.04. The Morgan fingerprint density at radius 2 is 2.41 bits per heavy atom. The van der Waals surface area contributed by atoms with E-state index in [2.05, 4.69) is 0 Å². The van der Waals surface area contributed by atoms with Crippen LogP contribution in [0, 0.1) is 11.3 Å². The Bertz CT molecular complexity index is 398. The van der Waals surface area contributed by atoms with Gasteiger partial charge in [0.05, 0.1) is 18.1 Å². The summed E-state index contributed by atoms with van der Waals surface area (Å²) in [5.41, 5.74) is 6.24. The third-order valence-corrected chi connectivity index (χ3v) is 2.58. The maximum atomic E-state index is 11.6. The van der Waals surface area contributed by atoms with Crippen molar-refractivity contribution in [2.75, 3.05) is 19.7 Å². The molecule has 1 heterocycles. The van der Waals surface area contributed by atoms with E-state index >= 15 is 0 Å². The first-order valence-electron chi connectivity index (χ1n) is 5.43. The number of carbonyl (C=O) groups is 1. The second kappa shape index (κ2) is 6.21. The van der Waals surface area contributed by atoms with Crippen LogP contribution in [0.15, 0.2) is 11.3 Å². The highest BCUT2D eigenvalue weighted by Crippen LogP contribution is 2.24. The summed E-state index contributed by atoms with van der Waals surface area (Å²) in [6.07, 6.45) is 1.58. The lowest BCUT2D eigenvalue weighted by Crippen LogP contribution is -2.30. The lowest BCUT2D eigenvalue weighted by molar-refractivity contribution is -0.138. The molecule has 0 bridgehead atoms. The van der Waals surface area contributed by atoms with Gasteiger partial charge in [0.25, 0.3) is 0 Å². The van der Waals surface area contributed by atoms with Crippen LogP contribution in [0.1, 0.15) is 19.8 Å². The minimum atomic E-state index is -0.570. The molecule has 0 aromatic heterocycles. The van der Waals surface area contributed by atoms with Crippen LogP contribution in [0.25, 0.3) is 0 Å². The molecule has 0 aromatic carbocycles. The van der Waals surface area contributed by atoms with E-state index in [-0.39, 0.29) is 12.2 Å². The van der Waals surface area contributed by atoms with E-state index in [1.807, 2.05) is 11.0 Å². The summed E-state index contributed by atoms with van der Waals surface area (Å²) in [5.74, 6) is -0.570. The second-order valence-corrected chi connectivity index (χ2v) is 4.17. The van der Waals surface area contributed by atoms with Crippen molar-refractivity contribution in [2.24, 2.45) is 5.73 Å². The van der Waals surface area contributed by atoms with Gasteiger partial charge in [-0.15, -0.1) is 0 Å². The Morgan fingerprint density at radius 1 is 1.71 bits per heavy atom. The number of nitrogens with two attached hydrogens (primary N) is 1. The number of thiocarbonyl (C=S) groups is 1. The molecule has 1 saturated heterocycles. The lowest BCUT2D eigenvalue weighted by Gasteiger charge is -2.19. The van der Waals surface area contributed by atoms with Gasteiger partial charge in [-0.1, -0.05) is 12.2 Å². The molecule has 0 aliphatic carbocycles. The standard InChI is InChI=1S/C11H15N3O2S/c1-2-16-11(15)8(6-12)9-4-3-5-14(9)7-10(13)17/h2-5,7H2,1H3,(H2,13,17). The van der Waals surface area contributed by atoms with E-state index in [0.29, 0.717) is 23.7 Å². The quantitative estimate of drug-likeness (QED) is 0.344. The average Bonchev–Trinajstić information content (AvgIpc) is 2.67. The largest absolute Gasteiger partial charge is 0.462 e. The molecule has 6 heteroatoms. The number of ether oxygens (including phenoxy) is 1. The van der Waals surface area contributed by atoms with Crippen LogP contribution in [-0.4, -0.2) is 35.6 Å². The van der Waals surface area contributed by atoms with Crippen molar-refractivity contribution >= 4 is 23.2 Å². The van der Waals surface area contributed by atoms with Crippen LogP contribution in [0.2, 0.25) is 0 Å². The number of likely N-dealkylation sites (tertiary alicyclic amines) is 1. The molecule has 0 unspecified atom stereocenters. The first kappa shape index (κ1) is 13.5. The molecule has 17 heavy (non-hydrogen) atoms. The van der Waals surface area contributed by atoms with Gasteiger partial charge >= 0.3 is 5.97 Å². The topological polar surface area (TPSA) is 79.4 Å². The molecule has 0 spiro atoms. The third-order valence-electron chi connectivity index (χ3n) is 2.45. The monoisotopic (exact) mass is 253 g/mol. The Balaban J connectivity index is 2.94. The second-order valence-electron chi connectivity index (χ2n) is 3.65. The number of allylic oxidation sites excluding steroid dienone is 1. The molecule has 0 radical (unpaired) electrons. The minimum absolute atomic E-state index is 0.0700. The zero-order valence-electron chi connectivity index (χ0n) is 9.73. The molecule has 1 aliphatic rings. The van der Waals surface area contributed by atoms with Crippen LogP contribution in [0.5, 0.6) is 0 Å². The van der Waals surface area contributed by atoms with Gasteiger partial charge in [-0.3, -0.25) is 0 Å². The summed E-state index contributed by atoms with van der Waals surface area (Å²) < 4.78 is 4.85. The smallest absolute Gasteiger partial charge is 0.350 e. The van der Waals surface area contributed by atoms with Crippen molar-refractivity contribution < 1.29 is 9.53 Å². The van der Waals surface area contributed by atoms with Crippen molar-refractivity contribution in [1.82, 2.24) is 4.90 Å². The molecule has 0 atom stereocenters. The van der Waals surface area contributed by atoms with Crippen LogP contribution in [0.4, 0.5) is 0 Å². The molecule has 1 rings (SSSR count). The highest BCUT2D eigenvalue weighted by molar-refractivity contribution is 7.80.